The number of unbranched alkanes of at least 4 members (excludes halogenated alkanes) is 3. The molecule has 0 radical (unpaired) electrons. The number of amides is 2. The molecule has 0 bridgehead atoms. The van der Waals surface area contributed by atoms with Gasteiger partial charge in [-0.2, -0.15) is 0 Å². The number of likely N-dealkylation sites (N-methyl/N-ethyl adjacent to an activating group) is 1. The Morgan fingerprint density at radius 2 is 1.88 bits per heavy atom. The van der Waals surface area contributed by atoms with Crippen LogP contribution in [-0.2, 0) is 19.1 Å². The molecule has 0 aromatic carbocycles. The van der Waals surface area contributed by atoms with E-state index in [4.69, 9.17) is 4.74 Å². The largest absolute Gasteiger partial charge is 0.476 e. The highest BCUT2D eigenvalue weighted by Gasteiger charge is 2.38. The van der Waals surface area contributed by atoms with Crippen molar-refractivity contribution in [3.8, 4) is 0 Å². The van der Waals surface area contributed by atoms with Crippen molar-refractivity contribution in [2.75, 3.05) is 20.1 Å². The number of rotatable bonds is 17. The van der Waals surface area contributed by atoms with Crippen LogP contribution in [0.5, 0.6) is 0 Å². The molecule has 1 saturated heterocycles. The van der Waals surface area contributed by atoms with E-state index in [1.165, 1.54) is 12.3 Å². The van der Waals surface area contributed by atoms with Crippen LogP contribution < -0.4 is 5.32 Å². The van der Waals surface area contributed by atoms with E-state index in [2.05, 4.69) is 22.1 Å². The maximum Gasteiger partial charge on any atom is 0.355 e. The SMILES string of the molecule is CCCCCCN(C(=O)[C@@H](NC(=O)C1CCCCN1C)[C@@H](C)CC)[C@H](C[C@@H](OC(C)=O)c1nc(C(=O)O)cs1)C(C)C. The number of nitrogens with one attached hydrogen (secondary N) is 1. The van der Waals surface area contributed by atoms with E-state index in [0.29, 0.717) is 11.6 Å². The fourth-order valence-corrected chi connectivity index (χ4v) is 6.41. The molecular formula is C31H52N4O6S. The molecule has 5 atom stereocenters. The highest BCUT2D eigenvalue weighted by atomic mass is 32.1. The van der Waals surface area contributed by atoms with E-state index in [-0.39, 0.29) is 47.8 Å². The second-order valence-electron chi connectivity index (χ2n) is 12.0. The van der Waals surface area contributed by atoms with Gasteiger partial charge in [0.1, 0.15) is 11.0 Å². The predicted molar refractivity (Wildman–Crippen MR) is 164 cm³/mol. The summed E-state index contributed by atoms with van der Waals surface area (Å²) in [6.45, 7) is 12.9. The molecule has 2 heterocycles. The summed E-state index contributed by atoms with van der Waals surface area (Å²) in [5.74, 6) is -1.97. The van der Waals surface area contributed by atoms with Crippen molar-refractivity contribution in [3.63, 3.8) is 0 Å². The number of carboxylic acids is 1. The van der Waals surface area contributed by atoms with E-state index in [0.717, 1.165) is 69.2 Å². The summed E-state index contributed by atoms with van der Waals surface area (Å²) < 4.78 is 5.67. The van der Waals surface area contributed by atoms with Crippen LogP contribution in [-0.4, -0.2) is 81.9 Å². The van der Waals surface area contributed by atoms with Crippen molar-refractivity contribution in [3.05, 3.63) is 16.1 Å². The quantitative estimate of drug-likeness (QED) is 0.180. The Hall–Kier alpha value is -2.53. The van der Waals surface area contributed by atoms with Crippen molar-refractivity contribution in [1.82, 2.24) is 20.1 Å². The third-order valence-corrected chi connectivity index (χ3v) is 9.27. The van der Waals surface area contributed by atoms with Crippen molar-refractivity contribution in [2.24, 2.45) is 11.8 Å². The van der Waals surface area contributed by atoms with E-state index in [1.54, 1.807) is 0 Å². The van der Waals surface area contributed by atoms with Crippen LogP contribution in [0, 0.1) is 11.8 Å². The molecule has 1 aromatic heterocycles. The second-order valence-corrected chi connectivity index (χ2v) is 12.9. The van der Waals surface area contributed by atoms with Gasteiger partial charge in [0.2, 0.25) is 11.8 Å². The number of nitrogens with zero attached hydrogens (tertiary/aromatic N) is 3. The number of hydrogen-bond acceptors (Lipinski definition) is 8. The van der Waals surface area contributed by atoms with Gasteiger partial charge in [-0.3, -0.25) is 19.3 Å². The molecule has 11 heteroatoms. The number of carbonyl (C=O) groups is 4. The number of hydrogen-bond donors (Lipinski definition) is 2. The highest BCUT2D eigenvalue weighted by Crippen LogP contribution is 2.32. The van der Waals surface area contributed by atoms with Crippen LogP contribution >= 0.6 is 11.3 Å². The van der Waals surface area contributed by atoms with Gasteiger partial charge in [-0.15, -0.1) is 11.3 Å². The summed E-state index contributed by atoms with van der Waals surface area (Å²) in [6, 6.07) is -1.27. The number of ether oxygens (including phenoxy) is 1. The minimum absolute atomic E-state index is 0.00477. The van der Waals surface area contributed by atoms with Gasteiger partial charge in [0.15, 0.2) is 11.8 Å². The van der Waals surface area contributed by atoms with Crippen molar-refractivity contribution < 1.29 is 29.0 Å². The average Bonchev–Trinajstić information content (AvgIpc) is 3.44. The smallest absolute Gasteiger partial charge is 0.355 e. The van der Waals surface area contributed by atoms with E-state index < -0.39 is 24.1 Å². The first kappa shape index (κ1) is 35.7. The molecule has 0 saturated carbocycles. The number of carboxylic acid groups (broad SMARTS) is 1. The zero-order chi connectivity index (χ0) is 31.4. The molecule has 1 aliphatic heterocycles. The lowest BCUT2D eigenvalue weighted by Crippen LogP contribution is -2.59. The third-order valence-electron chi connectivity index (χ3n) is 8.34. The predicted octanol–water partition coefficient (Wildman–Crippen LogP) is 5.28. The number of aromatic nitrogens is 1. The van der Waals surface area contributed by atoms with Crippen LogP contribution in [0.25, 0.3) is 0 Å². The molecule has 1 unspecified atom stereocenters. The summed E-state index contributed by atoms with van der Waals surface area (Å²) in [4.78, 5) is 59.7. The van der Waals surface area contributed by atoms with Crippen molar-refractivity contribution >= 4 is 35.1 Å². The Kier molecular flexibility index (Phi) is 14.9. The second kappa shape index (κ2) is 17.6. The average molecular weight is 609 g/mol. The number of carbonyl (C=O) groups excluding carboxylic acids is 3. The number of piperidine rings is 1. The molecule has 0 aliphatic carbocycles. The topological polar surface area (TPSA) is 129 Å². The molecule has 2 amide bonds. The summed E-state index contributed by atoms with van der Waals surface area (Å²) in [5.41, 5.74) is -0.104. The first-order chi connectivity index (χ1) is 19.9. The Bertz CT molecular complexity index is 1030. The Labute approximate surface area is 255 Å². The molecular weight excluding hydrogens is 556 g/mol. The summed E-state index contributed by atoms with van der Waals surface area (Å²) in [6.07, 6.45) is 6.92. The summed E-state index contributed by atoms with van der Waals surface area (Å²) >= 11 is 1.13. The number of aromatic carboxylic acids is 1. The number of likely N-dealkylation sites (tertiary alicyclic amines) is 1. The first-order valence-corrected chi connectivity index (χ1v) is 16.5. The van der Waals surface area contributed by atoms with Gasteiger partial charge in [-0.05, 0) is 44.7 Å². The maximum absolute atomic E-state index is 14.5. The lowest BCUT2D eigenvalue weighted by molar-refractivity contribution is -0.149. The van der Waals surface area contributed by atoms with Gasteiger partial charge in [0.05, 0.1) is 6.04 Å². The van der Waals surface area contributed by atoms with Crippen molar-refractivity contribution in [1.29, 1.82) is 0 Å². The van der Waals surface area contributed by atoms with Gasteiger partial charge < -0.3 is 20.1 Å². The van der Waals surface area contributed by atoms with Gasteiger partial charge in [0.25, 0.3) is 0 Å². The zero-order valence-electron chi connectivity index (χ0n) is 26.6. The minimum atomic E-state index is -1.15. The molecule has 42 heavy (non-hydrogen) atoms. The van der Waals surface area contributed by atoms with E-state index in [1.807, 2.05) is 39.6 Å². The fourth-order valence-electron chi connectivity index (χ4n) is 5.58. The van der Waals surface area contributed by atoms with Gasteiger partial charge in [0, 0.05) is 31.3 Å². The van der Waals surface area contributed by atoms with Gasteiger partial charge in [-0.1, -0.05) is 66.7 Å². The van der Waals surface area contributed by atoms with Crippen LogP contribution in [0.3, 0.4) is 0 Å². The number of thiazole rings is 1. The normalized spacial score (nSPS) is 18.6. The molecule has 2 rings (SSSR count). The van der Waals surface area contributed by atoms with Gasteiger partial charge in [-0.25, -0.2) is 9.78 Å². The highest BCUT2D eigenvalue weighted by molar-refractivity contribution is 7.09. The summed E-state index contributed by atoms with van der Waals surface area (Å²) in [7, 11) is 1.96. The summed E-state index contributed by atoms with van der Waals surface area (Å²) in [5, 5.41) is 14.4. The first-order valence-electron chi connectivity index (χ1n) is 15.6. The molecule has 10 nitrogen and oxygen atoms in total. The molecule has 0 spiro atoms. The lowest BCUT2D eigenvalue weighted by Gasteiger charge is -2.40. The molecule has 1 aromatic rings. The Balaban J connectivity index is 2.43. The van der Waals surface area contributed by atoms with Crippen molar-refractivity contribution in [2.45, 2.75) is 124 Å². The van der Waals surface area contributed by atoms with E-state index >= 15 is 0 Å². The molecule has 1 aliphatic rings. The molecule has 238 valence electrons. The standard InChI is InChI=1S/C31H52N4O6S/c1-8-10-11-13-17-35(30(38)27(21(5)9-2)33-28(37)24-15-12-14-16-34(24)7)25(20(3)4)18-26(41-22(6)36)29-32-23(19-42-29)31(39)40/h19-21,24-27H,8-18H2,1-7H3,(H,33,37)(H,39,40)/t21-,24?,25+,26+,27-/m0/s1. The van der Waals surface area contributed by atoms with E-state index in [9.17, 15) is 24.3 Å². The number of esters is 1. The van der Waals surface area contributed by atoms with Crippen LogP contribution in [0.4, 0.5) is 0 Å². The maximum atomic E-state index is 14.5. The van der Waals surface area contributed by atoms with Crippen LogP contribution in [0.2, 0.25) is 0 Å². The minimum Gasteiger partial charge on any atom is -0.476 e. The van der Waals surface area contributed by atoms with Gasteiger partial charge >= 0.3 is 11.9 Å². The monoisotopic (exact) mass is 608 g/mol. The Morgan fingerprint density at radius 3 is 2.43 bits per heavy atom. The third kappa shape index (κ3) is 10.3. The Morgan fingerprint density at radius 1 is 1.17 bits per heavy atom. The zero-order valence-corrected chi connectivity index (χ0v) is 27.4. The molecule has 1 fully saturated rings. The molecule has 2 N–H and O–H groups in total. The van der Waals surface area contributed by atoms with Crippen LogP contribution in [0.15, 0.2) is 5.38 Å². The van der Waals surface area contributed by atoms with Crippen LogP contribution in [0.1, 0.15) is 121 Å². The lowest BCUT2D eigenvalue weighted by atomic mass is 9.91. The fraction of sp³-hybridized carbons (Fsp3) is 0.774.